The second-order valence-corrected chi connectivity index (χ2v) is 6.11. The average Bonchev–Trinajstić information content (AvgIpc) is 2.58. The predicted octanol–water partition coefficient (Wildman–Crippen LogP) is 1.69. The van der Waals surface area contributed by atoms with Crippen molar-refractivity contribution in [3.8, 4) is 11.8 Å². The fraction of sp³-hybridized carbons (Fsp3) is 0.294. The number of nitrogens with zero attached hydrogens (tertiary/aromatic N) is 2. The summed E-state index contributed by atoms with van der Waals surface area (Å²) in [5.41, 5.74) is 0.0325. The quantitative estimate of drug-likeness (QED) is 0.753. The summed E-state index contributed by atoms with van der Waals surface area (Å²) in [6.07, 6.45) is 5.06. The molecule has 0 saturated heterocycles. The lowest BCUT2D eigenvalue weighted by atomic mass is 10.0. The van der Waals surface area contributed by atoms with Gasteiger partial charge in [0.2, 0.25) is 5.91 Å². The van der Waals surface area contributed by atoms with E-state index in [1.165, 1.54) is 6.07 Å². The highest BCUT2D eigenvalue weighted by Crippen LogP contribution is 2.22. The lowest BCUT2D eigenvalue weighted by Crippen LogP contribution is -2.46. The molecule has 1 heterocycles. The normalized spacial score (nSPS) is 16.1. The zero-order chi connectivity index (χ0) is 17.7. The molecule has 1 aliphatic heterocycles. The third-order valence-corrected chi connectivity index (χ3v) is 4.04. The number of amides is 1. The maximum Gasteiger partial charge on any atom is 0.228 e. The summed E-state index contributed by atoms with van der Waals surface area (Å²) in [7, 11) is 0. The van der Waals surface area contributed by atoms with E-state index in [0.29, 0.717) is 22.8 Å². The molecule has 6 nitrogen and oxygen atoms in total. The Hall–Kier alpha value is -2.49. The van der Waals surface area contributed by atoms with Gasteiger partial charge in [-0.05, 0) is 37.3 Å². The molecule has 1 aliphatic rings. The Bertz CT molecular complexity index is 739. The van der Waals surface area contributed by atoms with Crippen LogP contribution >= 0.6 is 11.6 Å². The van der Waals surface area contributed by atoms with E-state index in [-0.39, 0.29) is 24.7 Å². The Morgan fingerprint density at radius 3 is 2.88 bits per heavy atom. The SMILES string of the molecule is CC(C#N)(CO)N1C=CC(NC(=O)Cc2cc(Cl)ccc2O)=CC1. The fourth-order valence-corrected chi connectivity index (χ4v) is 2.41. The van der Waals surface area contributed by atoms with Crippen LogP contribution in [0.4, 0.5) is 0 Å². The Balaban J connectivity index is 1.97. The number of aliphatic hydroxyl groups is 1. The largest absolute Gasteiger partial charge is 0.508 e. The number of phenolic OH excluding ortho intramolecular Hbond substituents is 1. The van der Waals surface area contributed by atoms with Gasteiger partial charge in [0.1, 0.15) is 11.3 Å². The molecule has 0 aliphatic carbocycles. The number of benzene rings is 1. The maximum absolute atomic E-state index is 12.1. The molecule has 7 heteroatoms. The molecule has 1 unspecified atom stereocenters. The topological polar surface area (TPSA) is 96.6 Å². The van der Waals surface area contributed by atoms with E-state index in [9.17, 15) is 15.0 Å². The summed E-state index contributed by atoms with van der Waals surface area (Å²) < 4.78 is 0. The summed E-state index contributed by atoms with van der Waals surface area (Å²) in [5, 5.41) is 31.4. The molecular weight excluding hydrogens is 330 g/mol. The highest BCUT2D eigenvalue weighted by atomic mass is 35.5. The third-order valence-electron chi connectivity index (χ3n) is 3.80. The number of halogens is 1. The summed E-state index contributed by atoms with van der Waals surface area (Å²) in [5.74, 6) is -0.274. The standard InChI is InChI=1S/C17H18ClN3O3/c1-17(10-19,11-22)21-6-4-14(5-7-21)20-16(24)9-12-8-13(18)2-3-15(12)23/h2-6,8,22-23H,7,9,11H2,1H3,(H,20,24). The van der Waals surface area contributed by atoms with Crippen molar-refractivity contribution in [1.82, 2.24) is 10.2 Å². The van der Waals surface area contributed by atoms with Crippen molar-refractivity contribution in [3.05, 3.63) is 52.8 Å². The van der Waals surface area contributed by atoms with Crippen LogP contribution in [0.2, 0.25) is 5.02 Å². The predicted molar refractivity (Wildman–Crippen MR) is 90.0 cm³/mol. The van der Waals surface area contributed by atoms with Gasteiger partial charge in [0.05, 0.1) is 19.1 Å². The number of rotatable bonds is 5. The fourth-order valence-electron chi connectivity index (χ4n) is 2.22. The second-order valence-electron chi connectivity index (χ2n) is 5.67. The first kappa shape index (κ1) is 17.9. The Morgan fingerprint density at radius 1 is 1.54 bits per heavy atom. The number of nitrogens with one attached hydrogen (secondary N) is 1. The average molecular weight is 348 g/mol. The Kier molecular flexibility index (Phi) is 5.50. The van der Waals surface area contributed by atoms with Gasteiger partial charge in [-0.25, -0.2) is 0 Å². The molecule has 1 aromatic rings. The van der Waals surface area contributed by atoms with Gasteiger partial charge >= 0.3 is 0 Å². The molecule has 0 bridgehead atoms. The van der Waals surface area contributed by atoms with Crippen molar-refractivity contribution < 1.29 is 15.0 Å². The Morgan fingerprint density at radius 2 is 2.29 bits per heavy atom. The maximum atomic E-state index is 12.1. The number of carbonyl (C=O) groups excluding carboxylic acids is 1. The van der Waals surface area contributed by atoms with Gasteiger partial charge in [0, 0.05) is 29.0 Å². The van der Waals surface area contributed by atoms with Gasteiger partial charge in [0.25, 0.3) is 0 Å². The zero-order valence-electron chi connectivity index (χ0n) is 13.2. The van der Waals surface area contributed by atoms with E-state index in [0.717, 1.165) is 0 Å². The zero-order valence-corrected chi connectivity index (χ0v) is 13.9. The highest BCUT2D eigenvalue weighted by molar-refractivity contribution is 6.30. The number of aliphatic hydroxyl groups excluding tert-OH is 1. The molecule has 0 aromatic heterocycles. The lowest BCUT2D eigenvalue weighted by molar-refractivity contribution is -0.119. The number of allylic oxidation sites excluding steroid dienone is 1. The molecular formula is C17H18ClN3O3. The van der Waals surface area contributed by atoms with Crippen LogP contribution < -0.4 is 5.32 Å². The van der Waals surface area contributed by atoms with Gasteiger partial charge in [-0.3, -0.25) is 4.79 Å². The van der Waals surface area contributed by atoms with E-state index < -0.39 is 5.54 Å². The highest BCUT2D eigenvalue weighted by Gasteiger charge is 2.29. The molecule has 1 aromatic carbocycles. The van der Waals surface area contributed by atoms with Gasteiger partial charge in [-0.2, -0.15) is 5.26 Å². The monoisotopic (exact) mass is 347 g/mol. The number of aromatic hydroxyl groups is 1. The Labute approximate surface area is 145 Å². The molecule has 1 atom stereocenters. The van der Waals surface area contributed by atoms with Crippen molar-refractivity contribution in [2.45, 2.75) is 18.9 Å². The summed E-state index contributed by atoms with van der Waals surface area (Å²) >= 11 is 5.86. The van der Waals surface area contributed by atoms with E-state index in [1.54, 1.807) is 42.3 Å². The van der Waals surface area contributed by atoms with Crippen molar-refractivity contribution >= 4 is 17.5 Å². The number of phenols is 1. The van der Waals surface area contributed by atoms with Crippen LogP contribution in [0.5, 0.6) is 5.75 Å². The van der Waals surface area contributed by atoms with E-state index in [2.05, 4.69) is 11.4 Å². The first-order chi connectivity index (χ1) is 11.4. The molecule has 0 saturated carbocycles. The van der Waals surface area contributed by atoms with Crippen LogP contribution in [0.1, 0.15) is 12.5 Å². The molecule has 0 radical (unpaired) electrons. The van der Waals surface area contributed by atoms with Crippen LogP contribution in [0.15, 0.2) is 42.2 Å². The van der Waals surface area contributed by atoms with Crippen molar-refractivity contribution in [1.29, 1.82) is 5.26 Å². The number of hydrogen-bond acceptors (Lipinski definition) is 5. The minimum Gasteiger partial charge on any atom is -0.508 e. The van der Waals surface area contributed by atoms with Crippen LogP contribution in [-0.4, -0.2) is 39.7 Å². The molecule has 24 heavy (non-hydrogen) atoms. The van der Waals surface area contributed by atoms with E-state index >= 15 is 0 Å². The van der Waals surface area contributed by atoms with Gasteiger partial charge in [0.15, 0.2) is 0 Å². The van der Waals surface area contributed by atoms with Crippen LogP contribution in [-0.2, 0) is 11.2 Å². The lowest BCUT2D eigenvalue weighted by Gasteiger charge is -2.34. The molecule has 0 spiro atoms. The molecule has 2 rings (SSSR count). The minimum absolute atomic E-state index is 0.00611. The molecule has 1 amide bonds. The number of nitriles is 1. The third kappa shape index (κ3) is 4.07. The first-order valence-corrected chi connectivity index (χ1v) is 7.70. The van der Waals surface area contributed by atoms with Gasteiger partial charge in [-0.15, -0.1) is 0 Å². The van der Waals surface area contributed by atoms with Crippen LogP contribution in [0, 0.1) is 11.3 Å². The summed E-state index contributed by atoms with van der Waals surface area (Å²) in [6, 6.07) is 6.60. The first-order valence-electron chi connectivity index (χ1n) is 7.32. The molecule has 0 fully saturated rings. The van der Waals surface area contributed by atoms with E-state index in [1.807, 2.05) is 0 Å². The second kappa shape index (κ2) is 7.39. The van der Waals surface area contributed by atoms with Gasteiger partial charge < -0.3 is 20.4 Å². The van der Waals surface area contributed by atoms with Crippen LogP contribution in [0.25, 0.3) is 0 Å². The number of carbonyl (C=O) groups is 1. The summed E-state index contributed by atoms with van der Waals surface area (Å²) in [6.45, 7) is 1.73. The van der Waals surface area contributed by atoms with Crippen LogP contribution in [0.3, 0.4) is 0 Å². The summed E-state index contributed by atoms with van der Waals surface area (Å²) in [4.78, 5) is 13.8. The van der Waals surface area contributed by atoms with Crippen molar-refractivity contribution in [2.75, 3.05) is 13.2 Å². The van der Waals surface area contributed by atoms with Crippen molar-refractivity contribution in [2.24, 2.45) is 0 Å². The molecule has 126 valence electrons. The molecule has 3 N–H and O–H groups in total. The van der Waals surface area contributed by atoms with Gasteiger partial charge in [-0.1, -0.05) is 11.6 Å². The van der Waals surface area contributed by atoms with E-state index in [4.69, 9.17) is 16.9 Å². The number of hydrogen-bond donors (Lipinski definition) is 3. The van der Waals surface area contributed by atoms with Crippen molar-refractivity contribution in [3.63, 3.8) is 0 Å². The minimum atomic E-state index is -1.00. The smallest absolute Gasteiger partial charge is 0.228 e.